The minimum atomic E-state index is 0.322. The molecule has 0 saturated carbocycles. The predicted octanol–water partition coefficient (Wildman–Crippen LogP) is 7.54. The van der Waals surface area contributed by atoms with Crippen LogP contribution in [0.15, 0.2) is 60.7 Å². The summed E-state index contributed by atoms with van der Waals surface area (Å²) in [6.45, 7) is 2.28. The van der Waals surface area contributed by atoms with Crippen LogP contribution < -0.4 is 0 Å². The predicted molar refractivity (Wildman–Crippen MR) is 110 cm³/mol. The topological polar surface area (TPSA) is 20.2 Å². The fourth-order valence-electron chi connectivity index (χ4n) is 2.89. The first-order chi connectivity index (χ1) is 12.3. The van der Waals surface area contributed by atoms with Gasteiger partial charge in [0.25, 0.3) is 0 Å². The molecule has 0 aliphatic carbocycles. The summed E-state index contributed by atoms with van der Waals surface area (Å²) < 4.78 is 0. The highest BCUT2D eigenvalue weighted by Gasteiger charge is 1.94. The molecule has 138 valence electrons. The van der Waals surface area contributed by atoms with E-state index >= 15 is 0 Å². The number of rotatable bonds is 11. The second kappa shape index (κ2) is 15.7. The van der Waals surface area contributed by atoms with Crippen molar-refractivity contribution in [2.45, 2.75) is 77.6 Å². The number of para-hydroxylation sites is 1. The molecule has 0 fully saturated rings. The maximum atomic E-state index is 8.63. The fourth-order valence-corrected chi connectivity index (χ4v) is 2.89. The van der Waals surface area contributed by atoms with Crippen LogP contribution in [0.4, 0.5) is 0 Å². The highest BCUT2D eigenvalue weighted by molar-refractivity contribution is 5.18. The third-order valence-electron chi connectivity index (χ3n) is 4.42. The molecule has 0 radical (unpaired) electrons. The minimum absolute atomic E-state index is 0.322. The van der Waals surface area contributed by atoms with Crippen LogP contribution in [0.2, 0.25) is 0 Å². The van der Waals surface area contributed by atoms with Gasteiger partial charge in [0.2, 0.25) is 0 Å². The first kappa shape index (κ1) is 21.3. The summed E-state index contributed by atoms with van der Waals surface area (Å²) in [5.74, 6) is 0.322. The lowest BCUT2D eigenvalue weighted by Crippen LogP contribution is -1.86. The van der Waals surface area contributed by atoms with Crippen LogP contribution >= 0.6 is 0 Å². The Kier molecular flexibility index (Phi) is 13.4. The Bertz CT molecular complexity index is 492. The van der Waals surface area contributed by atoms with E-state index in [1.807, 2.05) is 6.07 Å². The molecule has 0 aromatic heterocycles. The normalized spacial score (nSPS) is 10.1. The number of hydrogen-bond acceptors (Lipinski definition) is 1. The molecule has 1 heteroatoms. The number of unbranched alkanes of at least 4 members (excludes halogenated alkanes) is 9. The van der Waals surface area contributed by atoms with E-state index in [1.54, 1.807) is 24.3 Å². The quantitative estimate of drug-likeness (QED) is 0.419. The van der Waals surface area contributed by atoms with Crippen LogP contribution in [0.3, 0.4) is 0 Å². The largest absolute Gasteiger partial charge is 0.508 e. The van der Waals surface area contributed by atoms with Crippen molar-refractivity contribution in [2.75, 3.05) is 0 Å². The first-order valence-corrected chi connectivity index (χ1v) is 10.1. The Balaban J connectivity index is 0.000000370. The van der Waals surface area contributed by atoms with Gasteiger partial charge in [-0.1, -0.05) is 113 Å². The summed E-state index contributed by atoms with van der Waals surface area (Å²) in [4.78, 5) is 0. The molecule has 2 rings (SSSR count). The lowest BCUT2D eigenvalue weighted by molar-refractivity contribution is 0.475. The molecule has 0 heterocycles. The summed E-state index contributed by atoms with van der Waals surface area (Å²) in [7, 11) is 0. The van der Waals surface area contributed by atoms with Gasteiger partial charge in [-0.05, 0) is 30.5 Å². The van der Waals surface area contributed by atoms with Crippen molar-refractivity contribution in [3.05, 3.63) is 66.2 Å². The third kappa shape index (κ3) is 13.2. The summed E-state index contributed by atoms with van der Waals surface area (Å²) in [6, 6.07) is 19.6. The van der Waals surface area contributed by atoms with Crippen LogP contribution in [-0.4, -0.2) is 5.11 Å². The SMILES string of the molecule is CCCCCCCCCCCCc1ccccc1.Oc1ccccc1. The number of phenols is 1. The molecule has 0 saturated heterocycles. The number of benzene rings is 2. The fraction of sp³-hybridized carbons (Fsp3) is 0.500. The maximum absolute atomic E-state index is 8.63. The summed E-state index contributed by atoms with van der Waals surface area (Å²) >= 11 is 0. The first-order valence-electron chi connectivity index (χ1n) is 10.1. The lowest BCUT2D eigenvalue weighted by atomic mass is 10.0. The van der Waals surface area contributed by atoms with Crippen molar-refractivity contribution >= 4 is 0 Å². The number of aromatic hydroxyl groups is 1. The third-order valence-corrected chi connectivity index (χ3v) is 4.42. The van der Waals surface area contributed by atoms with E-state index in [9.17, 15) is 0 Å². The Morgan fingerprint density at radius 2 is 1.00 bits per heavy atom. The highest BCUT2D eigenvalue weighted by atomic mass is 16.3. The summed E-state index contributed by atoms with van der Waals surface area (Å²) in [5.41, 5.74) is 1.50. The zero-order valence-electron chi connectivity index (χ0n) is 16.0. The van der Waals surface area contributed by atoms with Crippen molar-refractivity contribution in [3.63, 3.8) is 0 Å². The zero-order valence-corrected chi connectivity index (χ0v) is 16.0. The van der Waals surface area contributed by atoms with Gasteiger partial charge in [0.1, 0.15) is 5.75 Å². The van der Waals surface area contributed by atoms with E-state index < -0.39 is 0 Å². The van der Waals surface area contributed by atoms with Gasteiger partial charge in [0.15, 0.2) is 0 Å². The lowest BCUT2D eigenvalue weighted by Gasteiger charge is -2.03. The molecule has 1 nitrogen and oxygen atoms in total. The molecule has 0 aliphatic heterocycles. The molecular formula is C24H36O. The minimum Gasteiger partial charge on any atom is -0.508 e. The average Bonchev–Trinajstić information content (AvgIpc) is 2.65. The van der Waals surface area contributed by atoms with E-state index in [4.69, 9.17) is 5.11 Å². The van der Waals surface area contributed by atoms with Gasteiger partial charge in [-0.25, -0.2) is 0 Å². The molecule has 25 heavy (non-hydrogen) atoms. The van der Waals surface area contributed by atoms with Gasteiger partial charge in [-0.15, -0.1) is 0 Å². The van der Waals surface area contributed by atoms with Crippen molar-refractivity contribution in [1.82, 2.24) is 0 Å². The molecule has 1 N–H and O–H groups in total. The van der Waals surface area contributed by atoms with Crippen LogP contribution in [0.1, 0.15) is 76.7 Å². The van der Waals surface area contributed by atoms with Crippen molar-refractivity contribution in [2.24, 2.45) is 0 Å². The Morgan fingerprint density at radius 3 is 1.44 bits per heavy atom. The van der Waals surface area contributed by atoms with Gasteiger partial charge in [-0.2, -0.15) is 0 Å². The number of phenolic OH excluding ortho intramolecular Hbond substituents is 1. The van der Waals surface area contributed by atoms with Crippen LogP contribution in [0.5, 0.6) is 5.75 Å². The molecule has 0 aliphatic rings. The summed E-state index contributed by atoms with van der Waals surface area (Å²) in [6.07, 6.45) is 15.5. The van der Waals surface area contributed by atoms with E-state index in [0.717, 1.165) is 0 Å². The molecule has 0 bridgehead atoms. The molecule has 0 unspecified atom stereocenters. The van der Waals surface area contributed by atoms with Crippen LogP contribution in [0, 0.1) is 0 Å². The molecule has 0 amide bonds. The number of aryl methyl sites for hydroxylation is 1. The van der Waals surface area contributed by atoms with Crippen molar-refractivity contribution in [3.8, 4) is 5.75 Å². The maximum Gasteiger partial charge on any atom is 0.115 e. The van der Waals surface area contributed by atoms with Gasteiger partial charge in [0.05, 0.1) is 0 Å². The van der Waals surface area contributed by atoms with E-state index in [-0.39, 0.29) is 0 Å². The zero-order chi connectivity index (χ0) is 18.0. The molecular weight excluding hydrogens is 304 g/mol. The van der Waals surface area contributed by atoms with Crippen molar-refractivity contribution in [1.29, 1.82) is 0 Å². The Labute approximate surface area is 155 Å². The van der Waals surface area contributed by atoms with Crippen LogP contribution in [0.25, 0.3) is 0 Å². The van der Waals surface area contributed by atoms with Gasteiger partial charge >= 0.3 is 0 Å². The molecule has 0 spiro atoms. The van der Waals surface area contributed by atoms with Gasteiger partial charge < -0.3 is 5.11 Å². The van der Waals surface area contributed by atoms with E-state index in [2.05, 4.69) is 37.3 Å². The summed E-state index contributed by atoms with van der Waals surface area (Å²) in [5, 5.41) is 8.63. The smallest absolute Gasteiger partial charge is 0.115 e. The molecule has 2 aromatic rings. The van der Waals surface area contributed by atoms with E-state index in [0.29, 0.717) is 5.75 Å². The molecule has 0 atom stereocenters. The van der Waals surface area contributed by atoms with Gasteiger partial charge in [0, 0.05) is 0 Å². The van der Waals surface area contributed by atoms with Crippen LogP contribution in [-0.2, 0) is 6.42 Å². The Hall–Kier alpha value is -1.76. The van der Waals surface area contributed by atoms with Crippen molar-refractivity contribution < 1.29 is 5.11 Å². The van der Waals surface area contributed by atoms with E-state index in [1.165, 1.54) is 76.2 Å². The second-order valence-electron chi connectivity index (χ2n) is 6.75. The number of hydrogen-bond donors (Lipinski definition) is 1. The second-order valence-corrected chi connectivity index (χ2v) is 6.75. The van der Waals surface area contributed by atoms with Gasteiger partial charge in [-0.3, -0.25) is 0 Å². The standard InChI is InChI=1S/C18H30.C6H6O/c1-2-3-4-5-6-7-8-9-10-12-15-18-16-13-11-14-17-18;7-6-4-2-1-3-5-6/h11,13-14,16-17H,2-10,12,15H2,1H3;1-5,7H. The molecule has 2 aromatic carbocycles. The Morgan fingerprint density at radius 1 is 0.560 bits per heavy atom. The highest BCUT2D eigenvalue weighted by Crippen LogP contribution is 2.12. The monoisotopic (exact) mass is 340 g/mol. The average molecular weight is 341 g/mol.